The van der Waals surface area contributed by atoms with Gasteiger partial charge in [0, 0.05) is 12.2 Å². The molecule has 0 unspecified atom stereocenters. The molecule has 1 aromatic rings. The van der Waals surface area contributed by atoms with Crippen LogP contribution in [0.2, 0.25) is 0 Å². The van der Waals surface area contributed by atoms with Crippen LogP contribution in [0.4, 0.5) is 0 Å². The van der Waals surface area contributed by atoms with E-state index in [1.807, 2.05) is 0 Å². The van der Waals surface area contributed by atoms with Gasteiger partial charge in [-0.1, -0.05) is 36.4 Å². The normalized spacial score (nSPS) is 16.0. The predicted molar refractivity (Wildman–Crippen MR) is 86.2 cm³/mol. The maximum Gasteiger partial charge on any atom is 0.403 e. The molecule has 110 valence electrons. The van der Waals surface area contributed by atoms with Crippen LogP contribution in [0.1, 0.15) is 47.0 Å². The molecular weight excluding hydrogens is 264 g/mol. The number of benzene rings is 1. The van der Waals surface area contributed by atoms with Crippen LogP contribution in [0.15, 0.2) is 41.6 Å². The summed E-state index contributed by atoms with van der Waals surface area (Å²) in [5, 5.41) is 2.64. The molecule has 0 amide bonds. The van der Waals surface area contributed by atoms with E-state index >= 15 is 0 Å². The second-order valence-corrected chi connectivity index (χ2v) is 8.86. The van der Waals surface area contributed by atoms with Crippen LogP contribution in [0.3, 0.4) is 0 Å². The third kappa shape index (κ3) is 3.40. The highest BCUT2D eigenvalue weighted by atomic mass is 28.4. The first-order chi connectivity index (χ1) is 9.54. The fourth-order valence-electron chi connectivity index (χ4n) is 2.79. The molecule has 0 aromatic heterocycles. The molecular formula is C17H26O2Si. The summed E-state index contributed by atoms with van der Waals surface area (Å²) in [4.78, 5) is 0. The lowest BCUT2D eigenvalue weighted by Crippen LogP contribution is -2.58. The van der Waals surface area contributed by atoms with E-state index < -0.39 is 8.56 Å². The van der Waals surface area contributed by atoms with Crippen molar-refractivity contribution in [2.75, 3.05) is 0 Å². The summed E-state index contributed by atoms with van der Waals surface area (Å²) < 4.78 is 12.9. The van der Waals surface area contributed by atoms with E-state index in [-0.39, 0.29) is 12.2 Å². The van der Waals surface area contributed by atoms with Gasteiger partial charge >= 0.3 is 8.56 Å². The zero-order valence-electron chi connectivity index (χ0n) is 13.1. The highest BCUT2D eigenvalue weighted by Gasteiger charge is 2.46. The predicted octanol–water partition coefficient (Wildman–Crippen LogP) is 3.84. The first-order valence-corrected chi connectivity index (χ1v) is 9.47. The van der Waals surface area contributed by atoms with Gasteiger partial charge in [0.25, 0.3) is 0 Å². The van der Waals surface area contributed by atoms with Gasteiger partial charge in [-0.25, -0.2) is 0 Å². The van der Waals surface area contributed by atoms with Crippen molar-refractivity contribution in [2.45, 2.75) is 59.2 Å². The van der Waals surface area contributed by atoms with Crippen molar-refractivity contribution < 1.29 is 8.85 Å². The monoisotopic (exact) mass is 290 g/mol. The number of hydrogen-bond donors (Lipinski definition) is 0. The molecule has 0 radical (unpaired) electrons. The maximum absolute atomic E-state index is 6.47. The fraction of sp³-hybridized carbons (Fsp3) is 0.529. The van der Waals surface area contributed by atoms with E-state index in [2.05, 4.69) is 64.1 Å². The van der Waals surface area contributed by atoms with Gasteiger partial charge in [0.05, 0.1) is 0 Å². The van der Waals surface area contributed by atoms with Crippen molar-refractivity contribution in [3.8, 4) is 0 Å². The molecule has 2 rings (SSSR count). The average molecular weight is 290 g/mol. The quantitative estimate of drug-likeness (QED) is 0.741. The van der Waals surface area contributed by atoms with Crippen LogP contribution >= 0.6 is 0 Å². The van der Waals surface area contributed by atoms with Crippen molar-refractivity contribution in [1.82, 2.24) is 0 Å². The molecule has 0 heterocycles. The summed E-state index contributed by atoms with van der Waals surface area (Å²) in [6.07, 6.45) is 6.17. The third-order valence-electron chi connectivity index (χ3n) is 3.42. The van der Waals surface area contributed by atoms with Gasteiger partial charge in [-0.3, -0.25) is 0 Å². The summed E-state index contributed by atoms with van der Waals surface area (Å²) in [7, 11) is -2.50. The van der Waals surface area contributed by atoms with E-state index in [1.165, 1.54) is 16.8 Å². The Bertz CT molecular complexity index is 441. The van der Waals surface area contributed by atoms with Crippen molar-refractivity contribution in [1.29, 1.82) is 0 Å². The Labute approximate surface area is 124 Å². The Morgan fingerprint density at radius 3 is 2.00 bits per heavy atom. The second-order valence-electron chi connectivity index (χ2n) is 5.94. The first kappa shape index (κ1) is 15.5. The minimum absolute atomic E-state index is 0.169. The van der Waals surface area contributed by atoms with Crippen molar-refractivity contribution >= 4 is 13.7 Å². The Hall–Kier alpha value is -0.903. The summed E-state index contributed by atoms with van der Waals surface area (Å²) in [5.41, 5.74) is 0. The van der Waals surface area contributed by atoms with Crippen LogP contribution in [-0.2, 0) is 8.85 Å². The summed E-state index contributed by atoms with van der Waals surface area (Å²) in [5.74, 6) is 0. The van der Waals surface area contributed by atoms with Crippen LogP contribution in [0, 0.1) is 0 Å². The van der Waals surface area contributed by atoms with Crippen LogP contribution < -0.4 is 5.19 Å². The van der Waals surface area contributed by atoms with E-state index in [0.717, 1.165) is 12.8 Å². The zero-order chi connectivity index (χ0) is 14.6. The van der Waals surface area contributed by atoms with Crippen molar-refractivity contribution in [2.24, 2.45) is 0 Å². The van der Waals surface area contributed by atoms with Gasteiger partial charge in [0.2, 0.25) is 0 Å². The molecule has 1 aromatic carbocycles. The SMILES string of the molecule is CC(C)O[Si](OC(C)C)(C1=CCCC1)c1ccccc1. The Balaban J connectivity index is 2.48. The highest BCUT2D eigenvalue weighted by molar-refractivity contribution is 6.87. The van der Waals surface area contributed by atoms with Crippen molar-refractivity contribution in [3.05, 3.63) is 41.6 Å². The minimum atomic E-state index is -2.50. The maximum atomic E-state index is 6.47. The van der Waals surface area contributed by atoms with E-state index in [9.17, 15) is 0 Å². The zero-order valence-corrected chi connectivity index (χ0v) is 14.1. The molecule has 0 N–H and O–H groups in total. The molecule has 0 bridgehead atoms. The standard InChI is InChI=1S/C17H26O2Si/c1-14(2)18-20(19-15(3)4,17-12-8-9-13-17)16-10-6-5-7-11-16/h5-7,10-12,14-15H,8-9,13H2,1-4H3. The molecule has 0 atom stereocenters. The van der Waals surface area contributed by atoms with E-state index in [1.54, 1.807) is 0 Å². The first-order valence-electron chi connectivity index (χ1n) is 7.65. The smallest absolute Gasteiger partial charge is 0.385 e. The van der Waals surface area contributed by atoms with Crippen LogP contribution in [0.5, 0.6) is 0 Å². The van der Waals surface area contributed by atoms with E-state index in [4.69, 9.17) is 8.85 Å². The van der Waals surface area contributed by atoms with Crippen LogP contribution in [0.25, 0.3) is 0 Å². The molecule has 20 heavy (non-hydrogen) atoms. The largest absolute Gasteiger partial charge is 0.403 e. The van der Waals surface area contributed by atoms with Crippen LogP contribution in [-0.4, -0.2) is 20.8 Å². The number of hydrogen-bond acceptors (Lipinski definition) is 2. The summed E-state index contributed by atoms with van der Waals surface area (Å²) in [6, 6.07) is 10.5. The minimum Gasteiger partial charge on any atom is -0.385 e. The second kappa shape index (κ2) is 6.70. The van der Waals surface area contributed by atoms with Crippen molar-refractivity contribution in [3.63, 3.8) is 0 Å². The van der Waals surface area contributed by atoms with Gasteiger partial charge in [0.1, 0.15) is 0 Å². The average Bonchev–Trinajstić information content (AvgIpc) is 2.92. The third-order valence-corrected chi connectivity index (χ3v) is 7.42. The Morgan fingerprint density at radius 1 is 0.950 bits per heavy atom. The number of rotatable bonds is 6. The molecule has 1 aliphatic rings. The molecule has 0 spiro atoms. The molecule has 2 nitrogen and oxygen atoms in total. The summed E-state index contributed by atoms with van der Waals surface area (Å²) in [6.45, 7) is 8.40. The lowest BCUT2D eigenvalue weighted by molar-refractivity contribution is 0.121. The summed E-state index contributed by atoms with van der Waals surface area (Å²) >= 11 is 0. The van der Waals surface area contributed by atoms with Gasteiger partial charge < -0.3 is 8.85 Å². The molecule has 0 aliphatic heterocycles. The van der Waals surface area contributed by atoms with Gasteiger partial charge in [-0.2, -0.15) is 0 Å². The molecule has 0 saturated carbocycles. The lowest BCUT2D eigenvalue weighted by Gasteiger charge is -2.35. The molecule has 0 fully saturated rings. The van der Waals surface area contributed by atoms with Gasteiger partial charge in [0.15, 0.2) is 0 Å². The highest BCUT2D eigenvalue weighted by Crippen LogP contribution is 2.30. The van der Waals surface area contributed by atoms with Gasteiger partial charge in [-0.15, -0.1) is 0 Å². The van der Waals surface area contributed by atoms with E-state index in [0.29, 0.717) is 0 Å². The fourth-order valence-corrected chi connectivity index (χ4v) is 6.67. The Morgan fingerprint density at radius 2 is 1.55 bits per heavy atom. The number of allylic oxidation sites excluding steroid dienone is 2. The molecule has 3 heteroatoms. The van der Waals surface area contributed by atoms with Gasteiger partial charge in [-0.05, 0) is 57.3 Å². The Kier molecular flexibility index (Phi) is 5.19. The topological polar surface area (TPSA) is 18.5 Å². The molecule has 0 saturated heterocycles. The molecule has 1 aliphatic carbocycles. The lowest BCUT2D eigenvalue weighted by atomic mass is 10.4.